The van der Waals surface area contributed by atoms with Crippen molar-refractivity contribution < 1.29 is 24.9 Å². The summed E-state index contributed by atoms with van der Waals surface area (Å²) in [6.07, 6.45) is -0.501. The molecule has 0 rings (SSSR count). The molecule has 0 aromatic heterocycles. The van der Waals surface area contributed by atoms with Crippen LogP contribution in [0.4, 0.5) is 0 Å². The minimum absolute atomic E-state index is 0.695. The van der Waals surface area contributed by atoms with Crippen molar-refractivity contribution in [2.75, 3.05) is 6.61 Å². The van der Waals surface area contributed by atoms with E-state index in [1.54, 1.807) is 0 Å². The average molecular weight is 200 g/mol. The van der Waals surface area contributed by atoms with Gasteiger partial charge in [0, 0.05) is 0 Å². The maximum absolute atomic E-state index is 11.1. The van der Waals surface area contributed by atoms with Gasteiger partial charge in [-0.25, -0.2) is 0 Å². The molecule has 0 aliphatic rings. The first-order valence-corrected chi connectivity index (χ1v) is 3.80. The molecule has 3 N–H and O–H groups in total. The summed E-state index contributed by atoms with van der Waals surface area (Å²) in [4.78, 5) is 22.3. The van der Waals surface area contributed by atoms with Crippen LogP contribution in [0.3, 0.4) is 0 Å². The van der Waals surface area contributed by atoms with E-state index in [0.29, 0.717) is 12.2 Å². The number of aliphatic hydroxyl groups excluding tert-OH is 2. The number of rotatable bonds is 6. The van der Waals surface area contributed by atoms with E-state index in [1.807, 2.05) is 0 Å². The zero-order valence-electron chi connectivity index (χ0n) is 7.51. The second-order valence-corrected chi connectivity index (χ2v) is 2.60. The molecule has 0 bridgehead atoms. The third kappa shape index (κ3) is 1.95. The minimum Gasteiger partial charge on any atom is -0.394 e. The van der Waals surface area contributed by atoms with E-state index in [-0.39, 0.29) is 0 Å². The van der Waals surface area contributed by atoms with Crippen LogP contribution >= 0.6 is 0 Å². The first kappa shape index (κ1) is 12.7. The molecule has 5 nitrogen and oxygen atoms in total. The quantitative estimate of drug-likeness (QED) is 0.361. The number of hydrogen-bond donors (Lipinski definition) is 3. The Morgan fingerprint density at radius 3 is 1.86 bits per heavy atom. The highest BCUT2D eigenvalue weighted by Crippen LogP contribution is 2.15. The van der Waals surface area contributed by atoms with Crippen LogP contribution in [0.25, 0.3) is 0 Å². The number of ketones is 2. The lowest BCUT2D eigenvalue weighted by molar-refractivity contribution is -0.159. The third-order valence-electron chi connectivity index (χ3n) is 1.78. The fraction of sp³-hybridized carbons (Fsp3) is 0.333. The van der Waals surface area contributed by atoms with E-state index in [9.17, 15) is 14.7 Å². The lowest BCUT2D eigenvalue weighted by Crippen LogP contribution is -2.56. The maximum atomic E-state index is 11.1. The van der Waals surface area contributed by atoms with Gasteiger partial charge in [-0.3, -0.25) is 9.59 Å². The summed E-state index contributed by atoms with van der Waals surface area (Å²) in [5, 5.41) is 27.3. The van der Waals surface area contributed by atoms with Crippen molar-refractivity contribution in [2.45, 2.75) is 11.7 Å². The van der Waals surface area contributed by atoms with Crippen molar-refractivity contribution in [1.82, 2.24) is 0 Å². The van der Waals surface area contributed by atoms with Gasteiger partial charge in [0.2, 0.25) is 5.60 Å². The molecule has 0 amide bonds. The van der Waals surface area contributed by atoms with Gasteiger partial charge >= 0.3 is 0 Å². The van der Waals surface area contributed by atoms with Crippen molar-refractivity contribution in [3.8, 4) is 0 Å². The minimum atomic E-state index is -2.68. The summed E-state index contributed by atoms with van der Waals surface area (Å²) in [6, 6.07) is 0. The van der Waals surface area contributed by atoms with Crippen LogP contribution in [-0.2, 0) is 9.59 Å². The highest BCUT2D eigenvalue weighted by Gasteiger charge is 2.46. The molecule has 1 unspecified atom stereocenters. The van der Waals surface area contributed by atoms with Crippen LogP contribution in [0.5, 0.6) is 0 Å². The fourth-order valence-corrected chi connectivity index (χ4v) is 0.893. The topological polar surface area (TPSA) is 94.8 Å². The van der Waals surface area contributed by atoms with E-state index in [2.05, 4.69) is 13.2 Å². The molecule has 0 radical (unpaired) electrons. The Labute approximate surface area is 81.0 Å². The van der Waals surface area contributed by atoms with Gasteiger partial charge in [-0.05, 0) is 12.2 Å². The zero-order valence-corrected chi connectivity index (χ0v) is 7.51. The first-order valence-electron chi connectivity index (χ1n) is 3.80. The molecule has 78 valence electrons. The third-order valence-corrected chi connectivity index (χ3v) is 1.78. The van der Waals surface area contributed by atoms with Crippen LogP contribution in [0.1, 0.15) is 0 Å². The molecule has 5 heteroatoms. The smallest absolute Gasteiger partial charge is 0.217 e. The summed E-state index contributed by atoms with van der Waals surface area (Å²) in [5.74, 6) is -2.16. The number of aliphatic hydroxyl groups is 3. The van der Waals surface area contributed by atoms with Gasteiger partial charge in [0.15, 0.2) is 11.6 Å². The molecule has 0 fully saturated rings. The van der Waals surface area contributed by atoms with Crippen molar-refractivity contribution in [3.05, 3.63) is 25.3 Å². The molecule has 0 saturated carbocycles. The van der Waals surface area contributed by atoms with Gasteiger partial charge < -0.3 is 15.3 Å². The van der Waals surface area contributed by atoms with Crippen molar-refractivity contribution in [3.63, 3.8) is 0 Å². The molecule has 0 aliphatic heterocycles. The molecule has 14 heavy (non-hydrogen) atoms. The Morgan fingerprint density at radius 1 is 1.29 bits per heavy atom. The molecule has 0 spiro atoms. The Morgan fingerprint density at radius 2 is 1.64 bits per heavy atom. The molecule has 0 heterocycles. The van der Waals surface area contributed by atoms with Crippen molar-refractivity contribution >= 4 is 11.6 Å². The summed E-state index contributed by atoms with van der Waals surface area (Å²) < 4.78 is 0. The summed E-state index contributed by atoms with van der Waals surface area (Å²) >= 11 is 0. The molecule has 0 saturated heterocycles. The normalized spacial score (nSPS) is 13.1. The van der Waals surface area contributed by atoms with E-state index < -0.39 is 29.9 Å². The highest BCUT2D eigenvalue weighted by atomic mass is 16.4. The van der Waals surface area contributed by atoms with E-state index in [0.717, 1.165) is 0 Å². The van der Waals surface area contributed by atoms with Crippen LogP contribution in [0, 0.1) is 0 Å². The van der Waals surface area contributed by atoms with Gasteiger partial charge in [0.1, 0.15) is 6.10 Å². The summed E-state index contributed by atoms with van der Waals surface area (Å²) in [7, 11) is 0. The lowest BCUT2D eigenvalue weighted by Gasteiger charge is -2.26. The second kappa shape index (κ2) is 4.80. The van der Waals surface area contributed by atoms with Gasteiger partial charge in [-0.1, -0.05) is 13.2 Å². The van der Waals surface area contributed by atoms with Crippen LogP contribution < -0.4 is 0 Å². The SMILES string of the molecule is C=CC(=O)C(O)(C(=O)C=C)C(O)CO. The lowest BCUT2D eigenvalue weighted by atomic mass is 9.87. The number of carbonyl (C=O) groups excluding carboxylic acids is 2. The Kier molecular flexibility index (Phi) is 4.36. The zero-order chi connectivity index (χ0) is 11.4. The summed E-state index contributed by atoms with van der Waals surface area (Å²) in [6.45, 7) is 5.22. The highest BCUT2D eigenvalue weighted by molar-refractivity contribution is 6.18. The predicted molar refractivity (Wildman–Crippen MR) is 48.5 cm³/mol. The standard InChI is InChI=1S/C9H12O5/c1-3-6(11)9(14,7(12)4-2)8(13)5-10/h3-4,8,10,13-14H,1-2,5H2. The van der Waals surface area contributed by atoms with Crippen LogP contribution in [-0.4, -0.2) is 45.2 Å². The summed E-state index contributed by atoms with van der Waals surface area (Å²) in [5.41, 5.74) is -2.68. The van der Waals surface area contributed by atoms with E-state index >= 15 is 0 Å². The Bertz CT molecular complexity index is 248. The monoisotopic (exact) mass is 200 g/mol. The van der Waals surface area contributed by atoms with Crippen molar-refractivity contribution in [1.29, 1.82) is 0 Å². The second-order valence-electron chi connectivity index (χ2n) is 2.60. The molecular formula is C9H12O5. The molecule has 0 aliphatic carbocycles. The molecule has 0 aromatic carbocycles. The van der Waals surface area contributed by atoms with Gasteiger partial charge in [0.05, 0.1) is 6.61 Å². The fourth-order valence-electron chi connectivity index (χ4n) is 0.893. The van der Waals surface area contributed by atoms with Crippen LogP contribution in [0.2, 0.25) is 0 Å². The van der Waals surface area contributed by atoms with E-state index in [1.165, 1.54) is 0 Å². The van der Waals surface area contributed by atoms with Gasteiger partial charge in [0.25, 0.3) is 0 Å². The van der Waals surface area contributed by atoms with E-state index in [4.69, 9.17) is 10.2 Å². The molecular weight excluding hydrogens is 188 g/mol. The number of carbonyl (C=O) groups is 2. The van der Waals surface area contributed by atoms with Gasteiger partial charge in [-0.15, -0.1) is 0 Å². The molecule has 1 atom stereocenters. The Balaban J connectivity index is 5.23. The Hall–Kier alpha value is -1.30. The maximum Gasteiger partial charge on any atom is 0.217 e. The van der Waals surface area contributed by atoms with Gasteiger partial charge in [-0.2, -0.15) is 0 Å². The van der Waals surface area contributed by atoms with Crippen LogP contribution in [0.15, 0.2) is 25.3 Å². The largest absolute Gasteiger partial charge is 0.394 e. The first-order chi connectivity index (χ1) is 6.44. The number of hydrogen-bond acceptors (Lipinski definition) is 5. The van der Waals surface area contributed by atoms with Crippen molar-refractivity contribution in [2.24, 2.45) is 0 Å². The predicted octanol–water partition coefficient (Wildman–Crippen LogP) is -1.42. The average Bonchev–Trinajstić information content (AvgIpc) is 2.24. The molecule has 0 aromatic rings.